The normalized spacial score (nSPS) is 17.8. The van der Waals surface area contributed by atoms with Crippen molar-refractivity contribution in [3.8, 4) is 0 Å². The van der Waals surface area contributed by atoms with Crippen LogP contribution in [0, 0.1) is 0 Å². The molecule has 66 valence electrons. The molecule has 0 aliphatic heterocycles. The van der Waals surface area contributed by atoms with Crippen LogP contribution in [0.1, 0.15) is 24.3 Å². The van der Waals surface area contributed by atoms with Gasteiger partial charge in [0.1, 0.15) is 11.6 Å². The molecule has 1 aromatic heterocycles. The van der Waals surface area contributed by atoms with Crippen molar-refractivity contribution in [1.29, 1.82) is 0 Å². The molecule has 3 nitrogen and oxygen atoms in total. The fourth-order valence-corrected chi connectivity index (χ4v) is 1.81. The van der Waals surface area contributed by atoms with Gasteiger partial charge in [-0.15, -0.1) is 10.2 Å². The molecule has 0 unspecified atom stereocenters. The third-order valence-corrected chi connectivity index (χ3v) is 2.93. The minimum atomic E-state index is 0.452. The Morgan fingerprint density at radius 3 is 2.83 bits per heavy atom. The first-order valence-corrected chi connectivity index (χ1v) is 5.13. The lowest BCUT2D eigenvalue weighted by Gasteiger charge is -2.24. The highest BCUT2D eigenvalue weighted by Crippen LogP contribution is 2.24. The topological polar surface area (TPSA) is 35.0 Å². The Labute approximate surface area is 79.7 Å². The van der Waals surface area contributed by atoms with Crippen LogP contribution in [0.25, 0.3) is 0 Å². The fraction of sp³-hybridized carbons (Fsp3) is 0.714. The Morgan fingerprint density at radius 1 is 1.50 bits per heavy atom. The number of nitrogens with zero attached hydrogens (tertiary/aromatic N) is 2. The van der Waals surface area contributed by atoms with Gasteiger partial charge in [-0.2, -0.15) is 0 Å². The molecule has 0 aromatic carbocycles. The smallest absolute Gasteiger partial charge is 0.207 e. The van der Waals surface area contributed by atoms with Crippen molar-refractivity contribution < 1.29 is 4.74 Å². The largest absolute Gasteiger partial charge is 0.371 e. The van der Waals surface area contributed by atoms with Crippen LogP contribution in [0.4, 0.5) is 0 Å². The Balaban J connectivity index is 1.79. The number of hydrogen-bond acceptors (Lipinski definition) is 4. The third kappa shape index (κ3) is 1.94. The van der Waals surface area contributed by atoms with Crippen molar-refractivity contribution in [2.75, 3.05) is 0 Å². The zero-order chi connectivity index (χ0) is 8.39. The molecule has 1 saturated carbocycles. The summed E-state index contributed by atoms with van der Waals surface area (Å²) in [7, 11) is 0. The SMILES string of the molecule is Clc1nnc(COC2CCC2)s1. The van der Waals surface area contributed by atoms with Gasteiger partial charge in [0.05, 0.1) is 6.10 Å². The molecule has 2 rings (SSSR count). The first-order chi connectivity index (χ1) is 5.84. The van der Waals surface area contributed by atoms with Crippen LogP contribution in [0.2, 0.25) is 4.47 Å². The van der Waals surface area contributed by atoms with E-state index in [-0.39, 0.29) is 0 Å². The van der Waals surface area contributed by atoms with E-state index in [1.165, 1.54) is 30.6 Å². The van der Waals surface area contributed by atoms with Crippen LogP contribution in [0.15, 0.2) is 0 Å². The monoisotopic (exact) mass is 204 g/mol. The highest BCUT2D eigenvalue weighted by molar-refractivity contribution is 7.15. The molecule has 0 amide bonds. The summed E-state index contributed by atoms with van der Waals surface area (Å²) >= 11 is 7.00. The van der Waals surface area contributed by atoms with Gasteiger partial charge in [0, 0.05) is 0 Å². The Bertz CT molecular complexity index is 262. The maximum Gasteiger partial charge on any atom is 0.207 e. The molecule has 12 heavy (non-hydrogen) atoms. The molecule has 0 bridgehead atoms. The fourth-order valence-electron chi connectivity index (χ4n) is 1.02. The Hall–Kier alpha value is -0.190. The molecule has 5 heteroatoms. The standard InChI is InChI=1S/C7H9ClN2OS/c8-7-10-9-6(12-7)4-11-5-2-1-3-5/h5H,1-4H2. The van der Waals surface area contributed by atoms with Crippen molar-refractivity contribution in [2.24, 2.45) is 0 Å². The number of halogens is 1. The van der Waals surface area contributed by atoms with Crippen molar-refractivity contribution in [1.82, 2.24) is 10.2 Å². The summed E-state index contributed by atoms with van der Waals surface area (Å²) < 4.78 is 6.01. The van der Waals surface area contributed by atoms with Gasteiger partial charge in [0.25, 0.3) is 0 Å². The van der Waals surface area contributed by atoms with Gasteiger partial charge in [-0.05, 0) is 30.9 Å². The van der Waals surface area contributed by atoms with E-state index >= 15 is 0 Å². The second-order valence-corrected chi connectivity index (χ2v) is 4.46. The van der Waals surface area contributed by atoms with Crippen molar-refractivity contribution >= 4 is 22.9 Å². The second kappa shape index (κ2) is 3.68. The van der Waals surface area contributed by atoms with Crippen LogP contribution in [0.5, 0.6) is 0 Å². The maximum atomic E-state index is 5.61. The van der Waals surface area contributed by atoms with E-state index in [0.717, 1.165) is 5.01 Å². The van der Waals surface area contributed by atoms with E-state index in [0.29, 0.717) is 17.2 Å². The minimum absolute atomic E-state index is 0.452. The number of ether oxygens (including phenoxy) is 1. The molecule has 1 aliphatic rings. The second-order valence-electron chi connectivity index (χ2n) is 2.81. The van der Waals surface area contributed by atoms with Crippen molar-refractivity contribution in [3.63, 3.8) is 0 Å². The van der Waals surface area contributed by atoms with E-state index in [1.807, 2.05) is 0 Å². The van der Waals surface area contributed by atoms with Crippen molar-refractivity contribution in [3.05, 3.63) is 9.47 Å². The molecule has 1 fully saturated rings. The van der Waals surface area contributed by atoms with Crippen molar-refractivity contribution in [2.45, 2.75) is 32.0 Å². The van der Waals surface area contributed by atoms with Crippen LogP contribution in [-0.2, 0) is 11.3 Å². The molecule has 1 aromatic rings. The average Bonchev–Trinajstić information content (AvgIpc) is 2.32. The van der Waals surface area contributed by atoms with Gasteiger partial charge >= 0.3 is 0 Å². The summed E-state index contributed by atoms with van der Waals surface area (Å²) in [5.41, 5.74) is 0. The molecule has 1 aliphatic carbocycles. The highest BCUT2D eigenvalue weighted by Gasteiger charge is 2.18. The lowest BCUT2D eigenvalue weighted by Crippen LogP contribution is -2.21. The Kier molecular flexibility index (Phi) is 2.58. The minimum Gasteiger partial charge on any atom is -0.371 e. The average molecular weight is 205 g/mol. The van der Waals surface area contributed by atoms with Crippen LogP contribution >= 0.6 is 22.9 Å². The summed E-state index contributed by atoms with van der Waals surface area (Å²) in [6, 6.07) is 0. The van der Waals surface area contributed by atoms with E-state index < -0.39 is 0 Å². The molecule has 0 saturated heterocycles. The van der Waals surface area contributed by atoms with E-state index in [4.69, 9.17) is 16.3 Å². The predicted molar refractivity (Wildman–Crippen MR) is 47.3 cm³/mol. The number of hydrogen-bond donors (Lipinski definition) is 0. The van der Waals surface area contributed by atoms with Crippen LogP contribution in [-0.4, -0.2) is 16.3 Å². The highest BCUT2D eigenvalue weighted by atomic mass is 35.5. The molecular formula is C7H9ClN2OS. The predicted octanol–water partition coefficient (Wildman–Crippen LogP) is 2.26. The first kappa shape index (κ1) is 8.41. The summed E-state index contributed by atoms with van der Waals surface area (Å²) in [4.78, 5) is 0. The van der Waals surface area contributed by atoms with E-state index in [1.54, 1.807) is 0 Å². The summed E-state index contributed by atoms with van der Waals surface area (Å²) in [5, 5.41) is 8.42. The lowest BCUT2D eigenvalue weighted by molar-refractivity contribution is -0.00892. The van der Waals surface area contributed by atoms with Gasteiger partial charge in [0.2, 0.25) is 4.47 Å². The Morgan fingerprint density at radius 2 is 2.33 bits per heavy atom. The molecule has 1 heterocycles. The van der Waals surface area contributed by atoms with Gasteiger partial charge < -0.3 is 4.74 Å². The molecule has 0 radical (unpaired) electrons. The zero-order valence-electron chi connectivity index (χ0n) is 6.49. The van der Waals surface area contributed by atoms with Gasteiger partial charge in [-0.25, -0.2) is 0 Å². The molecule has 0 spiro atoms. The van der Waals surface area contributed by atoms with E-state index in [9.17, 15) is 0 Å². The van der Waals surface area contributed by atoms with E-state index in [2.05, 4.69) is 10.2 Å². The van der Waals surface area contributed by atoms with Gasteiger partial charge in [-0.3, -0.25) is 0 Å². The quantitative estimate of drug-likeness (QED) is 0.758. The summed E-state index contributed by atoms with van der Waals surface area (Å²) in [6.07, 6.45) is 4.12. The number of aromatic nitrogens is 2. The lowest BCUT2D eigenvalue weighted by atomic mass is 9.96. The third-order valence-electron chi connectivity index (χ3n) is 1.94. The molecular weight excluding hydrogens is 196 g/mol. The first-order valence-electron chi connectivity index (χ1n) is 3.94. The summed E-state index contributed by atoms with van der Waals surface area (Å²) in [6.45, 7) is 0.565. The van der Waals surface area contributed by atoms with Crippen LogP contribution < -0.4 is 0 Å². The van der Waals surface area contributed by atoms with Crippen LogP contribution in [0.3, 0.4) is 0 Å². The van der Waals surface area contributed by atoms with Gasteiger partial charge in [0.15, 0.2) is 0 Å². The zero-order valence-corrected chi connectivity index (χ0v) is 8.07. The maximum absolute atomic E-state index is 5.61. The molecule has 0 N–H and O–H groups in total. The number of rotatable bonds is 3. The van der Waals surface area contributed by atoms with Gasteiger partial charge in [-0.1, -0.05) is 11.3 Å². The molecule has 0 atom stereocenters. The summed E-state index contributed by atoms with van der Waals surface area (Å²) in [5.74, 6) is 0.